The van der Waals surface area contributed by atoms with Crippen LogP contribution in [0.3, 0.4) is 0 Å². The van der Waals surface area contributed by atoms with Crippen LogP contribution in [0, 0.1) is 11.6 Å². The Morgan fingerprint density at radius 3 is 2.59 bits per heavy atom. The van der Waals surface area contributed by atoms with Crippen LogP contribution in [0.25, 0.3) is 0 Å². The molecule has 0 aromatic carbocycles. The normalized spacial score (nSPS) is 12.0. The van der Waals surface area contributed by atoms with E-state index < -0.39 is 17.5 Å². The Hall–Kier alpha value is -1.92. The van der Waals surface area contributed by atoms with Crippen molar-refractivity contribution in [2.75, 3.05) is 17.7 Å². The van der Waals surface area contributed by atoms with E-state index in [2.05, 4.69) is 15.6 Å². The van der Waals surface area contributed by atoms with Crippen LogP contribution in [0.15, 0.2) is 6.07 Å². The summed E-state index contributed by atoms with van der Waals surface area (Å²) in [6, 6.07) is 0.336. The maximum absolute atomic E-state index is 13.4. The number of aromatic nitrogens is 1. The van der Waals surface area contributed by atoms with Crippen LogP contribution < -0.4 is 16.4 Å². The molecule has 0 saturated heterocycles. The van der Waals surface area contributed by atoms with E-state index in [-0.39, 0.29) is 24.1 Å². The molecule has 0 aliphatic carbocycles. The fourth-order valence-corrected chi connectivity index (χ4v) is 1.33. The average molecular weight is 244 g/mol. The summed E-state index contributed by atoms with van der Waals surface area (Å²) in [5.41, 5.74) is 5.00. The van der Waals surface area contributed by atoms with Gasteiger partial charge in [-0.1, -0.05) is 0 Å². The van der Waals surface area contributed by atoms with E-state index in [1.54, 1.807) is 6.92 Å². The van der Waals surface area contributed by atoms with Gasteiger partial charge in [0.1, 0.15) is 0 Å². The maximum atomic E-state index is 13.4. The van der Waals surface area contributed by atoms with Crippen molar-refractivity contribution in [3.63, 3.8) is 0 Å². The number of nitrogens with one attached hydrogen (secondary N) is 2. The van der Waals surface area contributed by atoms with Crippen molar-refractivity contribution in [2.24, 2.45) is 5.73 Å². The van der Waals surface area contributed by atoms with Crippen LogP contribution in [-0.2, 0) is 4.79 Å². The van der Waals surface area contributed by atoms with Crippen molar-refractivity contribution in [1.82, 2.24) is 4.98 Å². The highest BCUT2D eigenvalue weighted by molar-refractivity contribution is 5.74. The lowest BCUT2D eigenvalue weighted by molar-refractivity contribution is -0.118. The number of anilines is 2. The number of nitrogens with two attached hydrogens (primary N) is 1. The summed E-state index contributed by atoms with van der Waals surface area (Å²) in [6.07, 6.45) is 0.0351. The molecule has 0 spiro atoms. The maximum Gasteiger partial charge on any atom is 0.219 e. The number of carbonyl (C=O) groups excluding carboxylic acids is 1. The zero-order chi connectivity index (χ0) is 13.0. The standard InChI is InChI=1S/C10H14F2N4O/c1-5(3-8(13)17)15-10-7(12)4-6(11)9(14-2)16-10/h4-5H,3H2,1-2H3,(H2,13,17)(H2,14,15,16). The highest BCUT2D eigenvalue weighted by Gasteiger charge is 2.13. The number of hydrogen-bond donors (Lipinski definition) is 3. The minimum Gasteiger partial charge on any atom is -0.371 e. The number of hydrogen-bond acceptors (Lipinski definition) is 4. The molecule has 1 aromatic heterocycles. The molecule has 4 N–H and O–H groups in total. The Morgan fingerprint density at radius 2 is 2.06 bits per heavy atom. The summed E-state index contributed by atoms with van der Waals surface area (Å²) in [4.78, 5) is 14.4. The molecular formula is C10H14F2N4O. The number of nitrogens with zero attached hydrogens (tertiary/aromatic N) is 1. The quantitative estimate of drug-likeness (QED) is 0.724. The van der Waals surface area contributed by atoms with Crippen LogP contribution >= 0.6 is 0 Å². The molecule has 0 bridgehead atoms. The Balaban J connectivity index is 2.87. The fourth-order valence-electron chi connectivity index (χ4n) is 1.33. The SMILES string of the molecule is CNc1nc(NC(C)CC(N)=O)c(F)cc1F. The molecule has 0 saturated carbocycles. The van der Waals surface area contributed by atoms with E-state index >= 15 is 0 Å². The van der Waals surface area contributed by atoms with Gasteiger partial charge in [-0.15, -0.1) is 0 Å². The van der Waals surface area contributed by atoms with Gasteiger partial charge in [0, 0.05) is 25.6 Å². The average Bonchev–Trinajstić information content (AvgIpc) is 2.20. The van der Waals surface area contributed by atoms with Gasteiger partial charge in [0.15, 0.2) is 23.3 Å². The van der Waals surface area contributed by atoms with Crippen molar-refractivity contribution >= 4 is 17.5 Å². The van der Waals surface area contributed by atoms with Crippen molar-refractivity contribution in [3.8, 4) is 0 Å². The van der Waals surface area contributed by atoms with Crippen molar-refractivity contribution < 1.29 is 13.6 Å². The van der Waals surface area contributed by atoms with Gasteiger partial charge in [0.25, 0.3) is 0 Å². The number of amides is 1. The first-order valence-electron chi connectivity index (χ1n) is 5.02. The minimum absolute atomic E-state index is 0.0351. The van der Waals surface area contributed by atoms with Gasteiger partial charge >= 0.3 is 0 Å². The van der Waals surface area contributed by atoms with Crippen LogP contribution in [0.2, 0.25) is 0 Å². The first-order valence-corrected chi connectivity index (χ1v) is 5.02. The zero-order valence-electron chi connectivity index (χ0n) is 9.55. The second kappa shape index (κ2) is 5.42. The lowest BCUT2D eigenvalue weighted by Gasteiger charge is -2.14. The fraction of sp³-hybridized carbons (Fsp3) is 0.400. The second-order valence-electron chi connectivity index (χ2n) is 3.62. The second-order valence-corrected chi connectivity index (χ2v) is 3.62. The topological polar surface area (TPSA) is 80.0 Å². The van der Waals surface area contributed by atoms with Crippen LogP contribution in [0.1, 0.15) is 13.3 Å². The third-order valence-corrected chi connectivity index (χ3v) is 2.06. The summed E-state index contributed by atoms with van der Waals surface area (Å²) in [6.45, 7) is 1.65. The third kappa shape index (κ3) is 3.54. The number of pyridine rings is 1. The largest absolute Gasteiger partial charge is 0.371 e. The van der Waals surface area contributed by atoms with Crippen molar-refractivity contribution in [3.05, 3.63) is 17.7 Å². The Bertz CT molecular complexity index is 425. The summed E-state index contributed by atoms with van der Waals surface area (Å²) in [5, 5.41) is 5.14. The first-order chi connectivity index (χ1) is 7.93. The van der Waals surface area contributed by atoms with Gasteiger partial charge in [-0.2, -0.15) is 0 Å². The summed E-state index contributed by atoms with van der Waals surface area (Å²) in [5.74, 6) is -2.30. The van der Waals surface area contributed by atoms with Gasteiger partial charge in [0.05, 0.1) is 0 Å². The van der Waals surface area contributed by atoms with Gasteiger partial charge in [-0.05, 0) is 6.92 Å². The molecule has 0 aliphatic heterocycles. The van der Waals surface area contributed by atoms with E-state index in [0.717, 1.165) is 6.07 Å². The van der Waals surface area contributed by atoms with Crippen LogP contribution in [0.5, 0.6) is 0 Å². The molecule has 1 atom stereocenters. The number of carbonyl (C=O) groups is 1. The molecule has 0 aliphatic rings. The van der Waals surface area contributed by atoms with E-state index in [1.165, 1.54) is 7.05 Å². The van der Waals surface area contributed by atoms with Gasteiger partial charge in [0.2, 0.25) is 5.91 Å². The third-order valence-electron chi connectivity index (χ3n) is 2.06. The van der Waals surface area contributed by atoms with Gasteiger partial charge in [-0.25, -0.2) is 13.8 Å². The van der Waals surface area contributed by atoms with Crippen molar-refractivity contribution in [1.29, 1.82) is 0 Å². The molecule has 17 heavy (non-hydrogen) atoms. The van der Waals surface area contributed by atoms with Gasteiger partial charge in [-0.3, -0.25) is 4.79 Å². The molecule has 5 nitrogen and oxygen atoms in total. The van der Waals surface area contributed by atoms with E-state index in [1.807, 2.05) is 0 Å². The molecular weight excluding hydrogens is 230 g/mol. The monoisotopic (exact) mass is 244 g/mol. The molecule has 1 rings (SSSR count). The van der Waals surface area contributed by atoms with Crippen LogP contribution in [0.4, 0.5) is 20.4 Å². The smallest absolute Gasteiger partial charge is 0.219 e. The molecule has 7 heteroatoms. The minimum atomic E-state index is -0.821. The molecule has 0 radical (unpaired) electrons. The molecule has 94 valence electrons. The first kappa shape index (κ1) is 13.1. The van der Waals surface area contributed by atoms with Gasteiger partial charge < -0.3 is 16.4 Å². The molecule has 0 fully saturated rings. The number of halogens is 2. The number of primary amides is 1. The lowest BCUT2D eigenvalue weighted by atomic mass is 10.2. The summed E-state index contributed by atoms with van der Waals surface area (Å²) in [7, 11) is 1.47. The lowest BCUT2D eigenvalue weighted by Crippen LogP contribution is -2.25. The molecule has 1 amide bonds. The summed E-state index contributed by atoms with van der Waals surface area (Å²) < 4.78 is 26.5. The molecule has 1 aromatic rings. The van der Waals surface area contributed by atoms with Crippen molar-refractivity contribution in [2.45, 2.75) is 19.4 Å². The highest BCUT2D eigenvalue weighted by atomic mass is 19.1. The Morgan fingerprint density at radius 1 is 1.47 bits per heavy atom. The molecule has 1 unspecified atom stereocenters. The van der Waals surface area contributed by atoms with Crippen LogP contribution in [-0.4, -0.2) is 24.0 Å². The zero-order valence-corrected chi connectivity index (χ0v) is 9.55. The molecule has 1 heterocycles. The van der Waals surface area contributed by atoms with E-state index in [0.29, 0.717) is 0 Å². The predicted octanol–water partition coefficient (Wildman–Crippen LogP) is 1.08. The highest BCUT2D eigenvalue weighted by Crippen LogP contribution is 2.19. The van der Waals surface area contributed by atoms with E-state index in [4.69, 9.17) is 5.73 Å². The Labute approximate surface area is 97.4 Å². The Kier molecular flexibility index (Phi) is 4.19. The van der Waals surface area contributed by atoms with E-state index in [9.17, 15) is 13.6 Å². The summed E-state index contributed by atoms with van der Waals surface area (Å²) >= 11 is 0. The number of rotatable bonds is 5. The predicted molar refractivity (Wildman–Crippen MR) is 60.6 cm³/mol.